The fraction of sp³-hybridized carbons (Fsp3) is 0.143. The lowest BCUT2D eigenvalue weighted by atomic mass is 10.1. The van der Waals surface area contributed by atoms with Gasteiger partial charge < -0.3 is 5.32 Å². The van der Waals surface area contributed by atoms with Crippen LogP contribution in [0, 0.1) is 6.92 Å². The third kappa shape index (κ3) is 2.91. The highest BCUT2D eigenvalue weighted by Gasteiger charge is 2.07. The van der Waals surface area contributed by atoms with Crippen LogP contribution in [-0.2, 0) is 6.54 Å². The van der Waals surface area contributed by atoms with Crippen molar-refractivity contribution in [2.75, 3.05) is 0 Å². The molecule has 17 heavy (non-hydrogen) atoms. The molecule has 0 atom stereocenters. The number of aryl methyl sites for hydroxylation is 1. The van der Waals surface area contributed by atoms with Crippen molar-refractivity contribution in [1.82, 2.24) is 10.3 Å². The molecule has 3 heteroatoms. The second-order valence-electron chi connectivity index (χ2n) is 3.86. The number of nitrogens with one attached hydrogen (secondary N) is 1. The fourth-order valence-corrected chi connectivity index (χ4v) is 1.58. The monoisotopic (exact) mass is 226 g/mol. The molecule has 1 aromatic heterocycles. The number of hydrogen-bond acceptors (Lipinski definition) is 2. The Morgan fingerprint density at radius 1 is 1.24 bits per heavy atom. The van der Waals surface area contributed by atoms with E-state index in [2.05, 4.69) is 10.3 Å². The molecule has 0 radical (unpaired) electrons. The minimum Gasteiger partial charge on any atom is -0.348 e. The highest BCUT2D eigenvalue weighted by Crippen LogP contribution is 2.05. The molecular formula is C14H14N2O. The zero-order valence-corrected chi connectivity index (χ0v) is 9.68. The van der Waals surface area contributed by atoms with Gasteiger partial charge in [0, 0.05) is 18.9 Å². The summed E-state index contributed by atoms with van der Waals surface area (Å²) in [6.07, 6.45) is 3.28. The quantitative estimate of drug-likeness (QED) is 0.872. The molecular weight excluding hydrogens is 212 g/mol. The van der Waals surface area contributed by atoms with Crippen LogP contribution in [0.1, 0.15) is 21.5 Å². The highest BCUT2D eigenvalue weighted by atomic mass is 16.1. The van der Waals surface area contributed by atoms with Gasteiger partial charge in [0.25, 0.3) is 5.91 Å². The van der Waals surface area contributed by atoms with Crippen LogP contribution in [0.15, 0.2) is 48.8 Å². The first-order valence-corrected chi connectivity index (χ1v) is 5.50. The van der Waals surface area contributed by atoms with Crippen molar-refractivity contribution in [2.24, 2.45) is 0 Å². The number of benzene rings is 1. The Hall–Kier alpha value is -2.16. The van der Waals surface area contributed by atoms with Gasteiger partial charge in [-0.1, -0.05) is 30.3 Å². The number of amides is 1. The maximum atomic E-state index is 11.9. The number of rotatable bonds is 3. The lowest BCUT2D eigenvalue weighted by Crippen LogP contribution is -2.23. The van der Waals surface area contributed by atoms with Gasteiger partial charge in [0.1, 0.15) is 0 Å². The topological polar surface area (TPSA) is 42.0 Å². The summed E-state index contributed by atoms with van der Waals surface area (Å²) in [5.74, 6) is -0.0838. The summed E-state index contributed by atoms with van der Waals surface area (Å²) in [4.78, 5) is 15.8. The third-order valence-corrected chi connectivity index (χ3v) is 2.58. The molecule has 2 aromatic rings. The van der Waals surface area contributed by atoms with Gasteiger partial charge in [0.05, 0.1) is 5.56 Å². The molecule has 0 spiro atoms. The molecule has 1 heterocycles. The number of carbonyl (C=O) groups excluding carboxylic acids is 1. The van der Waals surface area contributed by atoms with Gasteiger partial charge in [-0.05, 0) is 24.1 Å². The average Bonchev–Trinajstić information content (AvgIpc) is 2.38. The summed E-state index contributed by atoms with van der Waals surface area (Å²) in [6.45, 7) is 2.44. The van der Waals surface area contributed by atoms with E-state index < -0.39 is 0 Å². The largest absolute Gasteiger partial charge is 0.348 e. The van der Waals surface area contributed by atoms with Crippen LogP contribution in [0.4, 0.5) is 0 Å². The van der Waals surface area contributed by atoms with Crippen molar-refractivity contribution >= 4 is 5.91 Å². The van der Waals surface area contributed by atoms with E-state index in [1.54, 1.807) is 12.4 Å². The van der Waals surface area contributed by atoms with E-state index in [0.717, 1.165) is 11.1 Å². The van der Waals surface area contributed by atoms with Crippen molar-refractivity contribution < 1.29 is 4.79 Å². The molecule has 0 aliphatic heterocycles. The van der Waals surface area contributed by atoms with E-state index in [4.69, 9.17) is 0 Å². The maximum Gasteiger partial charge on any atom is 0.253 e. The Bertz CT molecular complexity index is 509. The summed E-state index contributed by atoms with van der Waals surface area (Å²) in [6, 6.07) is 11.7. The Labute approximate surface area is 101 Å². The molecule has 86 valence electrons. The van der Waals surface area contributed by atoms with Gasteiger partial charge in [-0.2, -0.15) is 0 Å². The van der Waals surface area contributed by atoms with Crippen molar-refractivity contribution in [3.63, 3.8) is 0 Å². The summed E-state index contributed by atoms with van der Waals surface area (Å²) in [5.41, 5.74) is 2.65. The number of carbonyl (C=O) groups is 1. The Kier molecular flexibility index (Phi) is 3.50. The van der Waals surface area contributed by atoms with E-state index >= 15 is 0 Å². The van der Waals surface area contributed by atoms with Gasteiger partial charge in [0.15, 0.2) is 0 Å². The zero-order valence-electron chi connectivity index (χ0n) is 9.68. The summed E-state index contributed by atoms with van der Waals surface area (Å²) in [7, 11) is 0. The van der Waals surface area contributed by atoms with Gasteiger partial charge in [-0.25, -0.2) is 0 Å². The number of nitrogens with zero attached hydrogens (tertiary/aromatic N) is 1. The van der Waals surface area contributed by atoms with Gasteiger partial charge in [0.2, 0.25) is 0 Å². The highest BCUT2D eigenvalue weighted by molar-refractivity contribution is 5.95. The molecule has 3 nitrogen and oxygen atoms in total. The Morgan fingerprint density at radius 2 is 2.00 bits per heavy atom. The lowest BCUT2D eigenvalue weighted by molar-refractivity contribution is 0.0950. The van der Waals surface area contributed by atoms with Crippen LogP contribution < -0.4 is 5.32 Å². The Balaban J connectivity index is 2.01. The first-order valence-electron chi connectivity index (χ1n) is 5.50. The van der Waals surface area contributed by atoms with Crippen LogP contribution in [-0.4, -0.2) is 10.9 Å². The van der Waals surface area contributed by atoms with Gasteiger partial charge in [-0.15, -0.1) is 0 Å². The molecule has 0 saturated carbocycles. The molecule has 1 N–H and O–H groups in total. The van der Waals surface area contributed by atoms with Gasteiger partial charge >= 0.3 is 0 Å². The van der Waals surface area contributed by atoms with E-state index in [0.29, 0.717) is 12.1 Å². The number of hydrogen-bond donors (Lipinski definition) is 1. The number of aromatic nitrogens is 1. The second-order valence-corrected chi connectivity index (χ2v) is 3.86. The van der Waals surface area contributed by atoms with Crippen molar-refractivity contribution in [3.8, 4) is 0 Å². The van der Waals surface area contributed by atoms with Gasteiger partial charge in [-0.3, -0.25) is 9.78 Å². The van der Waals surface area contributed by atoms with Crippen LogP contribution >= 0.6 is 0 Å². The summed E-state index contributed by atoms with van der Waals surface area (Å²) in [5, 5.41) is 2.88. The number of pyridine rings is 1. The predicted molar refractivity (Wildman–Crippen MR) is 66.6 cm³/mol. The normalized spacial score (nSPS) is 9.94. The minimum atomic E-state index is -0.0838. The van der Waals surface area contributed by atoms with Crippen LogP contribution in [0.2, 0.25) is 0 Å². The van der Waals surface area contributed by atoms with Crippen molar-refractivity contribution in [3.05, 3.63) is 65.5 Å². The fourth-order valence-electron chi connectivity index (χ4n) is 1.58. The standard InChI is InChI=1S/C14H14N2O/c1-11-7-8-15-10-13(11)14(17)16-9-12-5-3-2-4-6-12/h2-8,10H,9H2,1H3,(H,16,17). The summed E-state index contributed by atoms with van der Waals surface area (Å²) < 4.78 is 0. The van der Waals surface area contributed by atoms with Crippen molar-refractivity contribution in [2.45, 2.75) is 13.5 Å². The van der Waals surface area contributed by atoms with Crippen LogP contribution in [0.3, 0.4) is 0 Å². The first-order chi connectivity index (χ1) is 8.27. The zero-order chi connectivity index (χ0) is 12.1. The Morgan fingerprint density at radius 3 is 2.71 bits per heavy atom. The molecule has 0 fully saturated rings. The molecule has 0 bridgehead atoms. The summed E-state index contributed by atoms with van der Waals surface area (Å²) >= 11 is 0. The van der Waals surface area contributed by atoms with E-state index in [9.17, 15) is 4.79 Å². The lowest BCUT2D eigenvalue weighted by Gasteiger charge is -2.06. The second kappa shape index (κ2) is 5.25. The van der Waals surface area contributed by atoms with Crippen LogP contribution in [0.25, 0.3) is 0 Å². The molecule has 2 rings (SSSR count). The molecule has 1 aromatic carbocycles. The average molecular weight is 226 g/mol. The molecule has 0 aliphatic rings. The van der Waals surface area contributed by atoms with E-state index in [-0.39, 0.29) is 5.91 Å². The molecule has 0 aliphatic carbocycles. The van der Waals surface area contributed by atoms with Crippen molar-refractivity contribution in [1.29, 1.82) is 0 Å². The van der Waals surface area contributed by atoms with Crippen LogP contribution in [0.5, 0.6) is 0 Å². The predicted octanol–water partition coefficient (Wildman–Crippen LogP) is 2.32. The third-order valence-electron chi connectivity index (χ3n) is 2.58. The molecule has 0 saturated heterocycles. The minimum absolute atomic E-state index is 0.0838. The van der Waals surface area contributed by atoms with E-state index in [1.165, 1.54) is 0 Å². The maximum absolute atomic E-state index is 11.9. The SMILES string of the molecule is Cc1ccncc1C(=O)NCc1ccccc1. The molecule has 0 unspecified atom stereocenters. The first kappa shape index (κ1) is 11.3. The molecule has 1 amide bonds. The van der Waals surface area contributed by atoms with E-state index in [1.807, 2.05) is 43.3 Å². The smallest absolute Gasteiger partial charge is 0.253 e.